The molecule has 3 aromatic rings. The molecule has 0 radical (unpaired) electrons. The molecule has 0 aliphatic carbocycles. The second-order valence-electron chi connectivity index (χ2n) is 5.87. The number of halogens is 1. The van der Waals surface area contributed by atoms with Gasteiger partial charge in [0.2, 0.25) is 5.91 Å². The molecule has 0 atom stereocenters. The van der Waals surface area contributed by atoms with Crippen molar-refractivity contribution in [1.82, 2.24) is 14.8 Å². The average Bonchev–Trinajstić information content (AvgIpc) is 3.17. The van der Waals surface area contributed by atoms with E-state index in [1.807, 2.05) is 13.0 Å². The summed E-state index contributed by atoms with van der Waals surface area (Å²) < 4.78 is 2.39. The summed E-state index contributed by atoms with van der Waals surface area (Å²) in [6, 6.07) is 12.5. The minimum atomic E-state index is -0.270. The Kier molecular flexibility index (Phi) is 5.97. The maximum Gasteiger partial charge on any atom is 0.256 e. The molecule has 1 heterocycles. The smallest absolute Gasteiger partial charge is 0.256 e. The summed E-state index contributed by atoms with van der Waals surface area (Å²) in [7, 11) is 0. The molecule has 1 aromatic heterocycles. The first-order valence-electron chi connectivity index (χ1n) is 8.42. The van der Waals surface area contributed by atoms with Crippen molar-refractivity contribution in [2.24, 2.45) is 0 Å². The first-order chi connectivity index (χ1) is 13.1. The van der Waals surface area contributed by atoms with Crippen LogP contribution in [0.25, 0.3) is 5.69 Å². The molecule has 0 unspecified atom stereocenters. The molecule has 0 aliphatic heterocycles. The van der Waals surface area contributed by atoms with E-state index < -0.39 is 0 Å². The number of hydrogen-bond acceptors (Lipinski definition) is 4. The summed E-state index contributed by atoms with van der Waals surface area (Å²) in [5.74, 6) is -0.320. The van der Waals surface area contributed by atoms with Crippen LogP contribution in [0, 0.1) is 0 Å². The summed E-state index contributed by atoms with van der Waals surface area (Å²) >= 11 is 3.41. The Morgan fingerprint density at radius 3 is 2.44 bits per heavy atom. The number of rotatable bonds is 6. The predicted molar refractivity (Wildman–Crippen MR) is 107 cm³/mol. The third kappa shape index (κ3) is 4.79. The fraction of sp³-hybridized carbons (Fsp3) is 0.158. The summed E-state index contributed by atoms with van der Waals surface area (Å²) in [5, 5.41) is 13.2. The molecule has 0 aliphatic rings. The molecule has 0 saturated carbocycles. The molecule has 2 amide bonds. The fourth-order valence-electron chi connectivity index (χ4n) is 2.51. The quantitative estimate of drug-likeness (QED) is 0.621. The molecule has 2 aromatic carbocycles. The number of nitrogens with one attached hydrogen (secondary N) is 2. The van der Waals surface area contributed by atoms with E-state index in [-0.39, 0.29) is 11.8 Å². The molecule has 0 bridgehead atoms. The summed E-state index contributed by atoms with van der Waals surface area (Å²) in [6.07, 6.45) is 4.36. The number of hydrogen-bond donors (Lipinski definition) is 2. The Morgan fingerprint density at radius 1 is 1.04 bits per heavy atom. The molecular formula is C19H18BrN5O2. The largest absolute Gasteiger partial charge is 0.326 e. The topological polar surface area (TPSA) is 88.9 Å². The second kappa shape index (κ2) is 8.59. The van der Waals surface area contributed by atoms with Crippen molar-refractivity contribution in [2.75, 3.05) is 10.6 Å². The molecule has 27 heavy (non-hydrogen) atoms. The van der Waals surface area contributed by atoms with Crippen LogP contribution in [0.2, 0.25) is 0 Å². The summed E-state index contributed by atoms with van der Waals surface area (Å²) in [5.41, 5.74) is 2.48. The van der Waals surface area contributed by atoms with Crippen LogP contribution in [-0.4, -0.2) is 26.6 Å². The number of anilines is 2. The lowest BCUT2D eigenvalue weighted by atomic mass is 10.1. The van der Waals surface area contributed by atoms with Gasteiger partial charge in [-0.15, -0.1) is 10.2 Å². The maximum absolute atomic E-state index is 12.7. The Hall–Kier alpha value is -3.00. The SMILES string of the molecule is CCCC(=O)Nc1cccc(NC(=O)c2cc(-n3cnnc3)ccc2Br)c1. The highest BCUT2D eigenvalue weighted by molar-refractivity contribution is 9.10. The monoisotopic (exact) mass is 427 g/mol. The van der Waals surface area contributed by atoms with Crippen molar-refractivity contribution < 1.29 is 9.59 Å². The van der Waals surface area contributed by atoms with Crippen molar-refractivity contribution in [1.29, 1.82) is 0 Å². The predicted octanol–water partition coefficient (Wildman–Crippen LogP) is 4.02. The van der Waals surface area contributed by atoms with E-state index in [9.17, 15) is 9.59 Å². The Balaban J connectivity index is 1.77. The molecule has 2 N–H and O–H groups in total. The van der Waals surface area contributed by atoms with E-state index in [2.05, 4.69) is 36.8 Å². The van der Waals surface area contributed by atoms with Gasteiger partial charge in [-0.05, 0) is 58.7 Å². The Labute approximate surface area is 164 Å². The zero-order valence-corrected chi connectivity index (χ0v) is 16.2. The summed E-state index contributed by atoms with van der Waals surface area (Å²) in [4.78, 5) is 24.5. The standard InChI is InChI=1S/C19H18BrN5O2/c1-2-4-18(26)23-13-5-3-6-14(9-13)24-19(27)16-10-15(7-8-17(16)20)25-11-21-22-12-25/h3,5-12H,2,4H2,1H3,(H,23,26)(H,24,27). The molecule has 138 valence electrons. The average molecular weight is 428 g/mol. The van der Waals surface area contributed by atoms with E-state index in [1.54, 1.807) is 53.6 Å². The van der Waals surface area contributed by atoms with Gasteiger partial charge >= 0.3 is 0 Å². The van der Waals surface area contributed by atoms with Crippen molar-refractivity contribution in [3.8, 4) is 5.69 Å². The van der Waals surface area contributed by atoms with Crippen LogP contribution in [0.5, 0.6) is 0 Å². The number of nitrogens with zero attached hydrogens (tertiary/aromatic N) is 3. The highest BCUT2D eigenvalue weighted by Crippen LogP contribution is 2.23. The number of aromatic nitrogens is 3. The van der Waals surface area contributed by atoms with E-state index in [0.29, 0.717) is 27.8 Å². The first-order valence-corrected chi connectivity index (χ1v) is 9.22. The van der Waals surface area contributed by atoms with Gasteiger partial charge < -0.3 is 10.6 Å². The number of amides is 2. The van der Waals surface area contributed by atoms with Gasteiger partial charge in [-0.25, -0.2) is 0 Å². The Bertz CT molecular complexity index is 956. The summed E-state index contributed by atoms with van der Waals surface area (Å²) in [6.45, 7) is 1.95. The normalized spacial score (nSPS) is 10.4. The number of benzene rings is 2. The molecular weight excluding hydrogens is 410 g/mol. The van der Waals surface area contributed by atoms with Crippen LogP contribution < -0.4 is 10.6 Å². The van der Waals surface area contributed by atoms with Gasteiger partial charge in [0.05, 0.1) is 5.56 Å². The third-order valence-electron chi connectivity index (χ3n) is 3.79. The Morgan fingerprint density at radius 2 is 1.74 bits per heavy atom. The van der Waals surface area contributed by atoms with Crippen LogP contribution in [0.4, 0.5) is 11.4 Å². The van der Waals surface area contributed by atoms with Crippen molar-refractivity contribution in [3.63, 3.8) is 0 Å². The second-order valence-corrected chi connectivity index (χ2v) is 6.72. The molecule has 0 saturated heterocycles. The van der Waals surface area contributed by atoms with Crippen LogP contribution in [0.3, 0.4) is 0 Å². The van der Waals surface area contributed by atoms with E-state index in [4.69, 9.17) is 0 Å². The minimum Gasteiger partial charge on any atom is -0.326 e. The zero-order valence-electron chi connectivity index (χ0n) is 14.6. The number of carbonyl (C=O) groups excluding carboxylic acids is 2. The van der Waals surface area contributed by atoms with Gasteiger partial charge in [0.15, 0.2) is 0 Å². The molecule has 0 spiro atoms. The van der Waals surface area contributed by atoms with Gasteiger partial charge in [-0.1, -0.05) is 13.0 Å². The lowest BCUT2D eigenvalue weighted by molar-refractivity contribution is -0.116. The molecule has 0 fully saturated rings. The first kappa shape index (κ1) is 18.8. The van der Waals surface area contributed by atoms with Crippen molar-refractivity contribution in [2.45, 2.75) is 19.8 Å². The lowest BCUT2D eigenvalue weighted by Gasteiger charge is -2.11. The van der Waals surface area contributed by atoms with Gasteiger partial charge in [-0.3, -0.25) is 14.2 Å². The van der Waals surface area contributed by atoms with Gasteiger partial charge in [0, 0.05) is 28.0 Å². The van der Waals surface area contributed by atoms with Crippen molar-refractivity contribution in [3.05, 3.63) is 65.2 Å². The van der Waals surface area contributed by atoms with E-state index in [0.717, 1.165) is 12.1 Å². The number of carbonyl (C=O) groups is 2. The third-order valence-corrected chi connectivity index (χ3v) is 4.48. The maximum atomic E-state index is 12.7. The zero-order chi connectivity index (χ0) is 19.2. The van der Waals surface area contributed by atoms with Crippen LogP contribution >= 0.6 is 15.9 Å². The van der Waals surface area contributed by atoms with E-state index >= 15 is 0 Å². The lowest BCUT2D eigenvalue weighted by Crippen LogP contribution is -2.14. The van der Waals surface area contributed by atoms with Crippen LogP contribution in [0.1, 0.15) is 30.1 Å². The molecule has 8 heteroatoms. The van der Waals surface area contributed by atoms with Gasteiger partial charge in [0.1, 0.15) is 12.7 Å². The highest BCUT2D eigenvalue weighted by atomic mass is 79.9. The van der Waals surface area contributed by atoms with Crippen LogP contribution in [0.15, 0.2) is 59.6 Å². The van der Waals surface area contributed by atoms with E-state index in [1.165, 1.54) is 0 Å². The minimum absolute atomic E-state index is 0.0506. The fourth-order valence-corrected chi connectivity index (χ4v) is 2.93. The van der Waals surface area contributed by atoms with Gasteiger partial charge in [-0.2, -0.15) is 0 Å². The molecule has 7 nitrogen and oxygen atoms in total. The van der Waals surface area contributed by atoms with Crippen LogP contribution in [-0.2, 0) is 4.79 Å². The highest BCUT2D eigenvalue weighted by Gasteiger charge is 2.13. The van der Waals surface area contributed by atoms with Gasteiger partial charge in [0.25, 0.3) is 5.91 Å². The molecule has 3 rings (SSSR count). The van der Waals surface area contributed by atoms with Crippen molar-refractivity contribution >= 4 is 39.1 Å².